The van der Waals surface area contributed by atoms with Gasteiger partial charge in [-0.15, -0.1) is 0 Å². The Balaban J connectivity index is 2.36. The number of piperidine rings is 1. The van der Waals surface area contributed by atoms with E-state index >= 15 is 0 Å². The van der Waals surface area contributed by atoms with Crippen molar-refractivity contribution in [2.45, 2.75) is 51.8 Å². The quantitative estimate of drug-likeness (QED) is 0.733. The molecule has 0 aromatic heterocycles. The SMILES string of the molecule is CC(C)(C)OC(O)N1CCC([C@H](F)CO)CC1. The molecule has 0 bridgehead atoms. The number of ether oxygens (including phenoxy) is 1. The maximum atomic E-state index is 13.3. The second-order valence-corrected chi connectivity index (χ2v) is 5.63. The number of alkyl halides is 1. The molecule has 1 aliphatic rings. The summed E-state index contributed by atoms with van der Waals surface area (Å²) >= 11 is 0. The first-order valence-corrected chi connectivity index (χ1v) is 6.18. The molecule has 1 aliphatic heterocycles. The summed E-state index contributed by atoms with van der Waals surface area (Å²) in [6, 6.07) is 0. The van der Waals surface area contributed by atoms with Gasteiger partial charge in [0.15, 0.2) is 0 Å². The lowest BCUT2D eigenvalue weighted by molar-refractivity contribution is -0.244. The molecule has 4 nitrogen and oxygen atoms in total. The van der Waals surface area contributed by atoms with Crippen LogP contribution in [0.4, 0.5) is 4.39 Å². The molecule has 0 radical (unpaired) electrons. The molecule has 1 saturated heterocycles. The van der Waals surface area contributed by atoms with Gasteiger partial charge in [-0.1, -0.05) is 0 Å². The van der Waals surface area contributed by atoms with Crippen molar-refractivity contribution in [1.29, 1.82) is 0 Å². The number of likely N-dealkylation sites (tertiary alicyclic amines) is 1. The van der Waals surface area contributed by atoms with Crippen molar-refractivity contribution in [1.82, 2.24) is 4.90 Å². The Morgan fingerprint density at radius 2 is 1.88 bits per heavy atom. The van der Waals surface area contributed by atoms with E-state index in [1.807, 2.05) is 20.8 Å². The molecular formula is C12H24FNO3. The second-order valence-electron chi connectivity index (χ2n) is 5.63. The average molecular weight is 249 g/mol. The number of hydrogen-bond donors (Lipinski definition) is 2. The van der Waals surface area contributed by atoms with Gasteiger partial charge in [0, 0.05) is 13.1 Å². The van der Waals surface area contributed by atoms with E-state index in [2.05, 4.69) is 0 Å². The van der Waals surface area contributed by atoms with Gasteiger partial charge in [0.25, 0.3) is 0 Å². The van der Waals surface area contributed by atoms with Crippen molar-refractivity contribution in [2.24, 2.45) is 5.92 Å². The third-order valence-electron chi connectivity index (χ3n) is 3.03. The number of aliphatic hydroxyl groups is 2. The largest absolute Gasteiger partial charge is 0.393 e. The average Bonchev–Trinajstić information content (AvgIpc) is 2.26. The zero-order valence-corrected chi connectivity index (χ0v) is 10.9. The van der Waals surface area contributed by atoms with E-state index < -0.39 is 24.8 Å². The molecule has 0 aromatic carbocycles. The maximum Gasteiger partial charge on any atom is 0.216 e. The second kappa shape index (κ2) is 6.09. The van der Waals surface area contributed by atoms with E-state index in [0.717, 1.165) is 0 Å². The molecule has 0 aromatic rings. The molecule has 2 N–H and O–H groups in total. The minimum atomic E-state index is -1.14. The van der Waals surface area contributed by atoms with Crippen LogP contribution in [0.15, 0.2) is 0 Å². The highest BCUT2D eigenvalue weighted by atomic mass is 19.1. The third kappa shape index (κ3) is 4.87. The van der Waals surface area contributed by atoms with E-state index in [4.69, 9.17) is 9.84 Å². The molecular weight excluding hydrogens is 225 g/mol. The normalized spacial score (nSPS) is 23.6. The monoisotopic (exact) mass is 249 g/mol. The van der Waals surface area contributed by atoms with Crippen LogP contribution in [0, 0.1) is 5.92 Å². The van der Waals surface area contributed by atoms with E-state index in [1.165, 1.54) is 0 Å². The van der Waals surface area contributed by atoms with Crippen LogP contribution in [0.1, 0.15) is 33.6 Å². The van der Waals surface area contributed by atoms with E-state index in [0.29, 0.717) is 25.9 Å². The summed E-state index contributed by atoms with van der Waals surface area (Å²) in [7, 11) is 0. The number of rotatable bonds is 4. The molecule has 2 atom stereocenters. The number of nitrogens with zero attached hydrogens (tertiary/aromatic N) is 1. The summed E-state index contributed by atoms with van der Waals surface area (Å²) in [5.74, 6) is -0.0990. The fraction of sp³-hybridized carbons (Fsp3) is 1.00. The van der Waals surface area contributed by atoms with Crippen LogP contribution in [0.2, 0.25) is 0 Å². The van der Waals surface area contributed by atoms with Crippen molar-refractivity contribution in [3.05, 3.63) is 0 Å². The van der Waals surface area contributed by atoms with Gasteiger partial charge in [-0.2, -0.15) is 0 Å². The smallest absolute Gasteiger partial charge is 0.216 e. The van der Waals surface area contributed by atoms with Crippen LogP contribution in [-0.4, -0.2) is 53.0 Å². The molecule has 17 heavy (non-hydrogen) atoms. The van der Waals surface area contributed by atoms with Crippen LogP contribution in [0.25, 0.3) is 0 Å². The first kappa shape index (κ1) is 14.8. The molecule has 1 unspecified atom stereocenters. The van der Waals surface area contributed by atoms with E-state index in [9.17, 15) is 9.50 Å². The molecule has 1 heterocycles. The molecule has 5 heteroatoms. The molecule has 0 saturated carbocycles. The van der Waals surface area contributed by atoms with Crippen LogP contribution in [0.3, 0.4) is 0 Å². The highest BCUT2D eigenvalue weighted by Crippen LogP contribution is 2.24. The predicted octanol–water partition coefficient (Wildman–Crippen LogP) is 1.12. The molecule has 102 valence electrons. The highest BCUT2D eigenvalue weighted by molar-refractivity contribution is 4.77. The Morgan fingerprint density at radius 3 is 2.29 bits per heavy atom. The Morgan fingerprint density at radius 1 is 1.35 bits per heavy atom. The number of hydrogen-bond acceptors (Lipinski definition) is 4. The standard InChI is InChI=1S/C12H24FNO3/c1-12(2,3)17-11(16)14-6-4-9(5-7-14)10(13)8-15/h9-11,15-16H,4-8H2,1-3H3/t10-,11?/m1/s1. The maximum absolute atomic E-state index is 13.3. The van der Waals surface area contributed by atoms with Crippen LogP contribution >= 0.6 is 0 Å². The molecule has 0 aliphatic carbocycles. The van der Waals surface area contributed by atoms with Crippen molar-refractivity contribution in [3.63, 3.8) is 0 Å². The van der Waals surface area contributed by atoms with Gasteiger partial charge in [-0.25, -0.2) is 4.39 Å². The van der Waals surface area contributed by atoms with Crippen molar-refractivity contribution < 1.29 is 19.3 Å². The lowest BCUT2D eigenvalue weighted by atomic mass is 9.92. The molecule has 1 fully saturated rings. The van der Waals surface area contributed by atoms with Gasteiger partial charge in [-0.05, 0) is 39.5 Å². The van der Waals surface area contributed by atoms with Gasteiger partial charge < -0.3 is 14.9 Å². The first-order valence-electron chi connectivity index (χ1n) is 6.18. The summed E-state index contributed by atoms with van der Waals surface area (Å²) in [6.45, 7) is 6.43. The summed E-state index contributed by atoms with van der Waals surface area (Å²) < 4.78 is 18.7. The summed E-state index contributed by atoms with van der Waals surface area (Å²) in [5, 5.41) is 18.6. The van der Waals surface area contributed by atoms with Crippen molar-refractivity contribution >= 4 is 0 Å². The van der Waals surface area contributed by atoms with Gasteiger partial charge in [0.2, 0.25) is 6.41 Å². The molecule has 0 spiro atoms. The lowest BCUT2D eigenvalue weighted by Crippen LogP contribution is -2.47. The molecule has 0 amide bonds. The Labute approximate surface area is 102 Å². The topological polar surface area (TPSA) is 52.9 Å². The Kier molecular flexibility index (Phi) is 5.31. The zero-order valence-electron chi connectivity index (χ0n) is 10.9. The highest BCUT2D eigenvalue weighted by Gasteiger charge is 2.30. The minimum absolute atomic E-state index is 0.0990. The van der Waals surface area contributed by atoms with Crippen molar-refractivity contribution in [2.75, 3.05) is 19.7 Å². The third-order valence-corrected chi connectivity index (χ3v) is 3.03. The summed E-state index contributed by atoms with van der Waals surface area (Å²) in [6.07, 6.45) is -0.778. The first-order chi connectivity index (χ1) is 7.83. The van der Waals surface area contributed by atoms with Crippen LogP contribution in [-0.2, 0) is 4.74 Å². The zero-order chi connectivity index (χ0) is 13.1. The fourth-order valence-corrected chi connectivity index (χ4v) is 2.04. The number of aliphatic hydroxyl groups excluding tert-OH is 2. The van der Waals surface area contributed by atoms with Crippen LogP contribution < -0.4 is 0 Å². The van der Waals surface area contributed by atoms with Crippen molar-refractivity contribution in [3.8, 4) is 0 Å². The van der Waals surface area contributed by atoms with Gasteiger partial charge >= 0.3 is 0 Å². The fourth-order valence-electron chi connectivity index (χ4n) is 2.04. The van der Waals surface area contributed by atoms with Gasteiger partial charge in [0.1, 0.15) is 6.17 Å². The van der Waals surface area contributed by atoms with E-state index in [1.54, 1.807) is 4.90 Å². The van der Waals surface area contributed by atoms with Gasteiger partial charge in [-0.3, -0.25) is 4.90 Å². The Hall–Kier alpha value is -0.230. The summed E-state index contributed by atoms with van der Waals surface area (Å²) in [5.41, 5.74) is -0.399. The van der Waals surface area contributed by atoms with Gasteiger partial charge in [0.05, 0.1) is 12.2 Å². The molecule has 1 rings (SSSR count). The summed E-state index contributed by atoms with van der Waals surface area (Å²) in [4.78, 5) is 1.80. The Bertz CT molecular complexity index is 224. The number of halogens is 1. The minimum Gasteiger partial charge on any atom is -0.393 e. The van der Waals surface area contributed by atoms with Crippen LogP contribution in [0.5, 0.6) is 0 Å². The predicted molar refractivity (Wildman–Crippen MR) is 63.1 cm³/mol. The van der Waals surface area contributed by atoms with E-state index in [-0.39, 0.29) is 5.92 Å². The lowest BCUT2D eigenvalue weighted by Gasteiger charge is -2.37.